The lowest BCUT2D eigenvalue weighted by molar-refractivity contribution is 0.0720. The summed E-state index contributed by atoms with van der Waals surface area (Å²) in [4.78, 5) is 52.3. The molecule has 0 aliphatic carbocycles. The third kappa shape index (κ3) is 17.7. The summed E-state index contributed by atoms with van der Waals surface area (Å²) in [6.45, 7) is 4.50. The summed E-state index contributed by atoms with van der Waals surface area (Å²) in [6.07, 6.45) is 27.8. The Balaban J connectivity index is 0.938. The fraction of sp³-hybridized carbons (Fsp3) is 0.381. The highest BCUT2D eigenvalue weighted by Crippen LogP contribution is 2.32. The molecule has 0 saturated carbocycles. The van der Waals surface area contributed by atoms with E-state index in [1.54, 1.807) is 42.5 Å². The van der Waals surface area contributed by atoms with Crippen LogP contribution >= 0.6 is 0 Å². The van der Waals surface area contributed by atoms with Gasteiger partial charge in [-0.2, -0.15) is 5.26 Å². The molecule has 9 nitrogen and oxygen atoms in total. The van der Waals surface area contributed by atoms with Crippen LogP contribution in [0.3, 0.4) is 0 Å². The highest BCUT2D eigenvalue weighted by molar-refractivity contribution is 5.97. The minimum absolute atomic E-state index is 0.0241. The Hall–Kier alpha value is -7.05. The molecule has 6 aromatic carbocycles. The van der Waals surface area contributed by atoms with Crippen LogP contribution < -0.4 is 18.9 Å². The van der Waals surface area contributed by atoms with Gasteiger partial charge >= 0.3 is 23.9 Å². The van der Waals surface area contributed by atoms with Gasteiger partial charge in [0.05, 0.1) is 22.3 Å². The second kappa shape index (κ2) is 30.0. The van der Waals surface area contributed by atoms with Gasteiger partial charge in [0.15, 0.2) is 0 Å². The number of ether oxygens (including phenoxy) is 4. The molecular formula is C63H71NO8. The van der Waals surface area contributed by atoms with Gasteiger partial charge in [-0.25, -0.2) is 19.2 Å². The first kappa shape index (κ1) is 54.3. The van der Waals surface area contributed by atoms with Crippen molar-refractivity contribution in [3.63, 3.8) is 0 Å². The predicted molar refractivity (Wildman–Crippen MR) is 285 cm³/mol. The van der Waals surface area contributed by atoms with Crippen LogP contribution in [0.15, 0.2) is 127 Å². The lowest BCUT2D eigenvalue weighted by atomic mass is 10.0. The molecule has 6 rings (SSSR count). The monoisotopic (exact) mass is 970 g/mol. The first-order valence-corrected chi connectivity index (χ1v) is 26.5. The normalized spacial score (nSPS) is 11.0. The third-order valence-corrected chi connectivity index (χ3v) is 13.1. The molecule has 6 aromatic rings. The molecular weight excluding hydrogens is 899 g/mol. The van der Waals surface area contributed by atoms with E-state index < -0.39 is 23.9 Å². The highest BCUT2D eigenvalue weighted by atomic mass is 16.5. The zero-order chi connectivity index (χ0) is 50.8. The van der Waals surface area contributed by atoms with Gasteiger partial charge in [0.25, 0.3) is 0 Å². The number of hydrogen-bond donors (Lipinski definition) is 0. The Labute approximate surface area is 426 Å². The van der Waals surface area contributed by atoms with Crippen LogP contribution in [0, 0.1) is 11.3 Å². The van der Waals surface area contributed by atoms with Crippen LogP contribution in [0.2, 0.25) is 0 Å². The van der Waals surface area contributed by atoms with Gasteiger partial charge in [-0.05, 0) is 133 Å². The number of esters is 4. The van der Waals surface area contributed by atoms with Gasteiger partial charge in [0.2, 0.25) is 0 Å². The zero-order valence-corrected chi connectivity index (χ0v) is 42.4. The summed E-state index contributed by atoms with van der Waals surface area (Å²) in [5.41, 5.74) is 3.74. The number of carbonyl (C=O) groups is 4. The fourth-order valence-electron chi connectivity index (χ4n) is 8.77. The van der Waals surface area contributed by atoms with E-state index in [1.165, 1.54) is 187 Å². The number of carbonyl (C=O) groups excluding carboxylic acids is 4. The van der Waals surface area contributed by atoms with Crippen molar-refractivity contribution in [3.05, 3.63) is 166 Å². The Morgan fingerprint density at radius 3 is 1.08 bits per heavy atom. The van der Waals surface area contributed by atoms with Crippen molar-refractivity contribution in [1.82, 2.24) is 0 Å². The van der Waals surface area contributed by atoms with Gasteiger partial charge in [-0.1, -0.05) is 166 Å². The van der Waals surface area contributed by atoms with Gasteiger partial charge < -0.3 is 18.9 Å². The third-order valence-electron chi connectivity index (χ3n) is 13.1. The number of fused-ring (bicyclic) bond motifs is 1. The smallest absolute Gasteiger partial charge is 0.343 e. The van der Waals surface area contributed by atoms with Crippen molar-refractivity contribution in [3.8, 4) is 29.1 Å². The minimum atomic E-state index is -0.717. The van der Waals surface area contributed by atoms with E-state index in [4.69, 9.17) is 18.9 Å². The molecule has 0 unspecified atom stereocenters. The van der Waals surface area contributed by atoms with Gasteiger partial charge in [-0.15, -0.1) is 0 Å². The van der Waals surface area contributed by atoms with E-state index in [9.17, 15) is 24.4 Å². The average Bonchev–Trinajstić information content (AvgIpc) is 3.40. The van der Waals surface area contributed by atoms with Crippen molar-refractivity contribution >= 4 is 34.6 Å². The Morgan fingerprint density at radius 1 is 0.375 bits per heavy atom. The molecule has 0 saturated heterocycles. The average molecular weight is 970 g/mol. The molecule has 0 N–H and O–H groups in total. The molecule has 72 heavy (non-hydrogen) atoms. The summed E-state index contributed by atoms with van der Waals surface area (Å²) < 4.78 is 22.5. The SMILES string of the molecule is CCCCCCCCCCCCc1ccc(C(=O)Oc2ccc(C(=O)Oc3ccc4ccc(OC(=O)c5ccc(OC(=O)c6ccc(CCCCCCCCCCCC)cc6)cc5)c(C#N)c4c3)cc2)cc1. The second-order valence-electron chi connectivity index (χ2n) is 18.8. The van der Waals surface area contributed by atoms with Crippen molar-refractivity contribution in [2.24, 2.45) is 0 Å². The topological polar surface area (TPSA) is 129 Å². The second-order valence-corrected chi connectivity index (χ2v) is 18.8. The van der Waals surface area contributed by atoms with Crippen LogP contribution in [-0.4, -0.2) is 23.9 Å². The maximum atomic E-state index is 13.3. The minimum Gasteiger partial charge on any atom is -0.423 e. The van der Waals surface area contributed by atoms with Crippen LogP contribution in [0.1, 0.15) is 200 Å². The van der Waals surface area contributed by atoms with Crippen LogP contribution in [0.25, 0.3) is 10.8 Å². The molecule has 376 valence electrons. The summed E-state index contributed by atoms with van der Waals surface area (Å²) in [7, 11) is 0. The first-order chi connectivity index (χ1) is 35.2. The van der Waals surface area contributed by atoms with Gasteiger partial charge in [0.1, 0.15) is 34.6 Å². The number of benzene rings is 6. The van der Waals surface area contributed by atoms with Crippen molar-refractivity contribution in [2.75, 3.05) is 0 Å². The number of nitriles is 1. The molecule has 0 aliphatic heterocycles. The first-order valence-electron chi connectivity index (χ1n) is 26.5. The molecule has 9 heteroatoms. The van der Waals surface area contributed by atoms with Crippen LogP contribution in [0.4, 0.5) is 0 Å². The van der Waals surface area contributed by atoms with E-state index in [-0.39, 0.29) is 39.7 Å². The van der Waals surface area contributed by atoms with Gasteiger partial charge in [0, 0.05) is 5.39 Å². The number of rotatable bonds is 30. The zero-order valence-electron chi connectivity index (χ0n) is 42.4. The lowest BCUT2D eigenvalue weighted by Gasteiger charge is -2.11. The molecule has 0 fully saturated rings. The molecule has 0 heterocycles. The summed E-state index contributed by atoms with van der Waals surface area (Å²) in [5, 5.41) is 11.3. The van der Waals surface area contributed by atoms with E-state index >= 15 is 0 Å². The largest absolute Gasteiger partial charge is 0.423 e. The lowest BCUT2D eigenvalue weighted by Crippen LogP contribution is -2.11. The molecule has 0 atom stereocenters. The fourth-order valence-corrected chi connectivity index (χ4v) is 8.77. The quantitative estimate of drug-likeness (QED) is 0.0246. The predicted octanol–water partition coefficient (Wildman–Crippen LogP) is 16.5. The molecule has 0 amide bonds. The van der Waals surface area contributed by atoms with Crippen molar-refractivity contribution < 1.29 is 38.1 Å². The van der Waals surface area contributed by atoms with Crippen molar-refractivity contribution in [1.29, 1.82) is 5.26 Å². The van der Waals surface area contributed by atoms with E-state index in [0.717, 1.165) is 25.7 Å². The Morgan fingerprint density at radius 2 is 0.694 bits per heavy atom. The number of hydrogen-bond acceptors (Lipinski definition) is 9. The van der Waals surface area contributed by atoms with E-state index in [2.05, 4.69) is 19.9 Å². The molecule has 0 aromatic heterocycles. The Kier molecular flexibility index (Phi) is 22.6. The van der Waals surface area contributed by atoms with Gasteiger partial charge in [-0.3, -0.25) is 0 Å². The number of unbranched alkanes of at least 4 members (excludes halogenated alkanes) is 18. The number of aryl methyl sites for hydroxylation is 2. The highest BCUT2D eigenvalue weighted by Gasteiger charge is 2.18. The van der Waals surface area contributed by atoms with Crippen molar-refractivity contribution in [2.45, 2.75) is 155 Å². The van der Waals surface area contributed by atoms with Crippen LogP contribution in [0.5, 0.6) is 23.0 Å². The standard InChI is InChI=1S/C63H71NO8/c1-3-5-7-9-11-13-15-17-19-21-23-47-25-29-50(30-26-47)60(65)69-54-39-34-52(35-40-54)62(67)71-56-43-33-49-38-44-59(58(46-64)57(49)45-56)72-63(68)53-36-41-55(42-37-53)70-61(66)51-31-27-48(28-32-51)24-22-20-18-16-14-12-10-8-6-4-2/h25-45H,3-24H2,1-2H3. The van der Waals surface area contributed by atoms with E-state index in [0.29, 0.717) is 21.9 Å². The Bertz CT molecular complexity index is 2680. The molecule has 0 spiro atoms. The maximum Gasteiger partial charge on any atom is 0.343 e. The van der Waals surface area contributed by atoms with E-state index in [1.807, 2.05) is 24.3 Å². The molecule has 0 bridgehead atoms. The molecule has 0 aliphatic rings. The summed E-state index contributed by atoms with van der Waals surface area (Å²) in [5.74, 6) is -1.63. The number of nitrogens with zero attached hydrogens (tertiary/aromatic N) is 1. The summed E-state index contributed by atoms with van der Waals surface area (Å²) >= 11 is 0. The maximum absolute atomic E-state index is 13.3. The summed E-state index contributed by atoms with van der Waals surface area (Å²) in [6, 6.07) is 37.3. The van der Waals surface area contributed by atoms with Crippen LogP contribution in [-0.2, 0) is 12.8 Å². The molecule has 0 radical (unpaired) electrons.